The molecule has 1 saturated heterocycles. The molecule has 1 aliphatic carbocycles. The third-order valence-corrected chi connectivity index (χ3v) is 6.69. The molecular formula is C25H30ClFN4O6. The normalized spacial score (nSPS) is 18.5. The monoisotopic (exact) mass is 536 g/mol. The van der Waals surface area contributed by atoms with Gasteiger partial charge in [-0.25, -0.2) is 14.0 Å². The Morgan fingerprint density at radius 1 is 1.24 bits per heavy atom. The smallest absolute Gasteiger partial charge is 0.408 e. The van der Waals surface area contributed by atoms with Gasteiger partial charge in [0.2, 0.25) is 11.3 Å². The fraction of sp³-hybridized carbons (Fsp3) is 0.520. The maximum absolute atomic E-state index is 15.3. The molecule has 10 nitrogen and oxygen atoms in total. The van der Waals surface area contributed by atoms with Gasteiger partial charge in [0.05, 0.1) is 21.6 Å². The number of nitrogens with zero attached hydrogens (tertiary/aromatic N) is 2. The van der Waals surface area contributed by atoms with Gasteiger partial charge in [0, 0.05) is 31.4 Å². The predicted molar refractivity (Wildman–Crippen MR) is 136 cm³/mol. The Kier molecular flexibility index (Phi) is 7.11. The van der Waals surface area contributed by atoms with Crippen molar-refractivity contribution >= 4 is 46.2 Å². The van der Waals surface area contributed by atoms with E-state index in [-0.39, 0.29) is 34.7 Å². The molecule has 4 rings (SSSR count). The molecule has 1 aromatic carbocycles. The summed E-state index contributed by atoms with van der Waals surface area (Å²) >= 11 is 6.68. The summed E-state index contributed by atoms with van der Waals surface area (Å²) in [6.07, 6.45) is 2.68. The number of alkyl carbamates (subject to hydrolysis) is 1. The molecule has 1 saturated carbocycles. The fourth-order valence-corrected chi connectivity index (χ4v) is 4.88. The van der Waals surface area contributed by atoms with Gasteiger partial charge in [-0.2, -0.15) is 0 Å². The number of hydrogen-bond acceptors (Lipinski definition) is 6. The lowest BCUT2D eigenvalue weighted by Gasteiger charge is -2.24. The van der Waals surface area contributed by atoms with Crippen LogP contribution in [0.15, 0.2) is 17.1 Å². The SMILES string of the molecule is CC(NC(=O)OC(C)(C)C)C(=O)NC1CCN(c2c(F)cc3c(=O)c(C(=O)O)cn(C4CC4)c3c2Cl)C1. The maximum atomic E-state index is 15.3. The first-order chi connectivity index (χ1) is 17.3. The van der Waals surface area contributed by atoms with E-state index in [2.05, 4.69) is 10.6 Å². The molecule has 1 aliphatic heterocycles. The first-order valence-corrected chi connectivity index (χ1v) is 12.5. The van der Waals surface area contributed by atoms with Crippen molar-refractivity contribution in [2.24, 2.45) is 0 Å². The molecular weight excluding hydrogens is 507 g/mol. The van der Waals surface area contributed by atoms with Crippen LogP contribution in [-0.2, 0) is 9.53 Å². The molecule has 2 atom stereocenters. The molecule has 1 aromatic heterocycles. The van der Waals surface area contributed by atoms with Crippen molar-refractivity contribution in [1.82, 2.24) is 15.2 Å². The van der Waals surface area contributed by atoms with E-state index in [1.807, 2.05) is 0 Å². The maximum Gasteiger partial charge on any atom is 0.408 e. The Balaban J connectivity index is 1.54. The molecule has 2 amide bonds. The Morgan fingerprint density at radius 2 is 1.92 bits per heavy atom. The molecule has 3 N–H and O–H groups in total. The highest BCUT2D eigenvalue weighted by Gasteiger charge is 2.33. The number of pyridine rings is 1. The Hall–Kier alpha value is -3.34. The number of nitrogens with one attached hydrogen (secondary N) is 2. The van der Waals surface area contributed by atoms with Gasteiger partial charge in [0.1, 0.15) is 23.0 Å². The number of ether oxygens (including phenoxy) is 1. The molecule has 2 heterocycles. The van der Waals surface area contributed by atoms with Gasteiger partial charge in [0.15, 0.2) is 0 Å². The van der Waals surface area contributed by atoms with Crippen molar-refractivity contribution in [3.8, 4) is 0 Å². The van der Waals surface area contributed by atoms with Crippen LogP contribution in [0.1, 0.15) is 63.4 Å². The highest BCUT2D eigenvalue weighted by Crippen LogP contribution is 2.42. The summed E-state index contributed by atoms with van der Waals surface area (Å²) in [4.78, 5) is 50.6. The molecule has 0 bridgehead atoms. The lowest BCUT2D eigenvalue weighted by atomic mass is 10.1. The number of amides is 2. The number of aromatic carboxylic acids is 1. The summed E-state index contributed by atoms with van der Waals surface area (Å²) in [6, 6.07) is -0.146. The van der Waals surface area contributed by atoms with E-state index >= 15 is 4.39 Å². The third kappa shape index (κ3) is 5.66. The van der Waals surface area contributed by atoms with Crippen molar-refractivity contribution in [2.45, 2.75) is 70.7 Å². The Morgan fingerprint density at radius 3 is 2.51 bits per heavy atom. The molecule has 2 aromatic rings. The average Bonchev–Trinajstić information content (AvgIpc) is 3.52. The van der Waals surface area contributed by atoms with Crippen molar-refractivity contribution in [3.63, 3.8) is 0 Å². The summed E-state index contributed by atoms with van der Waals surface area (Å²) < 4.78 is 22.2. The molecule has 2 unspecified atom stereocenters. The summed E-state index contributed by atoms with van der Waals surface area (Å²) in [5.41, 5.74) is -1.51. The number of anilines is 1. The quantitative estimate of drug-likeness (QED) is 0.515. The summed E-state index contributed by atoms with van der Waals surface area (Å²) in [7, 11) is 0. The van der Waals surface area contributed by atoms with E-state index in [4.69, 9.17) is 16.3 Å². The zero-order valence-corrected chi connectivity index (χ0v) is 21.8. The summed E-state index contributed by atoms with van der Waals surface area (Å²) in [6.45, 7) is 7.34. The average molecular weight is 537 g/mol. The summed E-state index contributed by atoms with van der Waals surface area (Å²) in [5.74, 6) is -2.53. The lowest BCUT2D eigenvalue weighted by molar-refractivity contribution is -0.123. The number of carboxylic acids is 1. The zero-order valence-electron chi connectivity index (χ0n) is 21.1. The number of halogens is 2. The van der Waals surface area contributed by atoms with Gasteiger partial charge >= 0.3 is 12.1 Å². The number of carbonyl (C=O) groups excluding carboxylic acids is 2. The van der Waals surface area contributed by atoms with Crippen LogP contribution in [-0.4, -0.2) is 58.4 Å². The number of hydrogen-bond donors (Lipinski definition) is 3. The largest absolute Gasteiger partial charge is 0.477 e. The first kappa shape index (κ1) is 26.7. The molecule has 2 fully saturated rings. The third-order valence-electron chi connectivity index (χ3n) is 6.33. The second kappa shape index (κ2) is 9.85. The van der Waals surface area contributed by atoms with Crippen LogP contribution < -0.4 is 21.0 Å². The van der Waals surface area contributed by atoms with Crippen LogP contribution in [0.2, 0.25) is 5.02 Å². The zero-order chi connectivity index (χ0) is 27.2. The highest BCUT2D eigenvalue weighted by atomic mass is 35.5. The van der Waals surface area contributed by atoms with Crippen LogP contribution in [0, 0.1) is 5.82 Å². The highest BCUT2D eigenvalue weighted by molar-refractivity contribution is 6.38. The van der Waals surface area contributed by atoms with Gasteiger partial charge < -0.3 is 29.9 Å². The van der Waals surface area contributed by atoms with Gasteiger partial charge in [-0.15, -0.1) is 0 Å². The first-order valence-electron chi connectivity index (χ1n) is 12.1. The minimum absolute atomic E-state index is 0.0124. The van der Waals surface area contributed by atoms with Gasteiger partial charge in [-0.3, -0.25) is 9.59 Å². The Labute approximate surface area is 217 Å². The number of rotatable bonds is 6. The topological polar surface area (TPSA) is 130 Å². The van der Waals surface area contributed by atoms with E-state index in [1.165, 1.54) is 13.1 Å². The lowest BCUT2D eigenvalue weighted by Crippen LogP contribution is -2.49. The molecule has 12 heteroatoms. The van der Waals surface area contributed by atoms with Crippen LogP contribution >= 0.6 is 11.6 Å². The van der Waals surface area contributed by atoms with Crippen LogP contribution in [0.5, 0.6) is 0 Å². The number of fused-ring (bicyclic) bond motifs is 1. The van der Waals surface area contributed by atoms with Gasteiger partial charge in [-0.1, -0.05) is 11.6 Å². The van der Waals surface area contributed by atoms with Crippen molar-refractivity contribution < 1.29 is 28.6 Å². The molecule has 0 spiro atoms. The van der Waals surface area contributed by atoms with Crippen LogP contribution in [0.25, 0.3) is 10.9 Å². The number of carbonyl (C=O) groups is 3. The molecule has 200 valence electrons. The van der Waals surface area contributed by atoms with E-state index in [1.54, 1.807) is 30.2 Å². The van der Waals surface area contributed by atoms with Crippen LogP contribution in [0.3, 0.4) is 0 Å². The van der Waals surface area contributed by atoms with Crippen LogP contribution in [0.4, 0.5) is 14.9 Å². The minimum atomic E-state index is -1.38. The predicted octanol–water partition coefficient (Wildman–Crippen LogP) is 3.44. The molecule has 37 heavy (non-hydrogen) atoms. The molecule has 0 radical (unpaired) electrons. The minimum Gasteiger partial charge on any atom is -0.477 e. The van der Waals surface area contributed by atoms with Gasteiger partial charge in [-0.05, 0) is 53.0 Å². The van der Waals surface area contributed by atoms with Crippen molar-refractivity contribution in [1.29, 1.82) is 0 Å². The number of carboxylic acid groups (broad SMARTS) is 1. The second-order valence-electron chi connectivity index (χ2n) is 10.5. The standard InChI is InChI=1S/C25H30ClFN4O6/c1-12(28-24(36)37-25(2,3)4)22(33)29-13-7-8-30(10-13)20-17(27)9-15-19(18(20)26)31(14-5-6-14)11-16(21(15)32)23(34)35/h9,11-14H,5-8,10H2,1-4H3,(H,28,36)(H,29,33)(H,34,35). The van der Waals surface area contributed by atoms with E-state index < -0.39 is 46.4 Å². The summed E-state index contributed by atoms with van der Waals surface area (Å²) in [5, 5.41) is 14.7. The van der Waals surface area contributed by atoms with Crippen molar-refractivity contribution in [3.05, 3.63) is 38.9 Å². The van der Waals surface area contributed by atoms with E-state index in [0.717, 1.165) is 18.9 Å². The van der Waals surface area contributed by atoms with Crippen molar-refractivity contribution in [2.75, 3.05) is 18.0 Å². The van der Waals surface area contributed by atoms with E-state index in [9.17, 15) is 24.3 Å². The Bertz CT molecular complexity index is 1330. The molecule has 2 aliphatic rings. The number of benzene rings is 1. The second-order valence-corrected chi connectivity index (χ2v) is 10.9. The fourth-order valence-electron chi connectivity index (χ4n) is 4.47. The van der Waals surface area contributed by atoms with E-state index in [0.29, 0.717) is 18.5 Å². The number of aromatic nitrogens is 1. The van der Waals surface area contributed by atoms with Gasteiger partial charge in [0.25, 0.3) is 0 Å².